The van der Waals surface area contributed by atoms with Gasteiger partial charge in [0.15, 0.2) is 11.5 Å². The molecule has 2 aromatic carbocycles. The number of methoxy groups -OCH3 is 3. The van der Waals surface area contributed by atoms with E-state index in [2.05, 4.69) is 25.2 Å². The van der Waals surface area contributed by atoms with Gasteiger partial charge in [-0.15, -0.1) is 0 Å². The maximum Gasteiger partial charge on any atom is 0.203 e. The summed E-state index contributed by atoms with van der Waals surface area (Å²) in [5, 5.41) is 13.7. The number of anilines is 1. The second-order valence-corrected chi connectivity index (χ2v) is 8.25. The van der Waals surface area contributed by atoms with Gasteiger partial charge in [-0.1, -0.05) is 26.0 Å². The van der Waals surface area contributed by atoms with E-state index < -0.39 is 5.41 Å². The number of nitriles is 1. The molecule has 0 aliphatic rings. The van der Waals surface area contributed by atoms with E-state index >= 15 is 0 Å². The van der Waals surface area contributed by atoms with Crippen molar-refractivity contribution in [2.45, 2.75) is 38.5 Å². The molecule has 0 aliphatic carbocycles. The third kappa shape index (κ3) is 6.45. The van der Waals surface area contributed by atoms with Gasteiger partial charge in [0.25, 0.3) is 0 Å². The molecule has 180 valence electrons. The van der Waals surface area contributed by atoms with Crippen LogP contribution in [0.2, 0.25) is 0 Å². The van der Waals surface area contributed by atoms with Gasteiger partial charge >= 0.3 is 0 Å². The Labute approximate surface area is 197 Å². The number of para-hydroxylation sites is 2. The quantitative estimate of drug-likeness (QED) is 0.318. The Kier molecular flexibility index (Phi) is 10.1. The van der Waals surface area contributed by atoms with Crippen LogP contribution in [0, 0.1) is 17.2 Å². The highest BCUT2D eigenvalue weighted by Crippen LogP contribution is 2.45. The molecule has 7 nitrogen and oxygen atoms in total. The maximum absolute atomic E-state index is 10.2. The maximum atomic E-state index is 10.2. The second-order valence-electron chi connectivity index (χ2n) is 8.25. The lowest BCUT2D eigenvalue weighted by Gasteiger charge is -2.32. The lowest BCUT2D eigenvalue weighted by Crippen LogP contribution is -2.32. The van der Waals surface area contributed by atoms with Gasteiger partial charge in [-0.05, 0) is 68.1 Å². The molecule has 0 spiro atoms. The normalized spacial score (nSPS) is 12.6. The predicted octanol–water partition coefficient (Wildman–Crippen LogP) is 4.55. The Balaban J connectivity index is 1.94. The molecule has 2 aromatic rings. The predicted molar refractivity (Wildman–Crippen MR) is 131 cm³/mol. The molecule has 0 bridgehead atoms. The summed E-state index contributed by atoms with van der Waals surface area (Å²) in [5.74, 6) is 2.47. The fourth-order valence-electron chi connectivity index (χ4n) is 3.96. The number of nitrogens with one attached hydrogen (secondary N) is 1. The number of nitrogen functional groups attached to an aromatic ring is 1. The van der Waals surface area contributed by atoms with Gasteiger partial charge in [-0.25, -0.2) is 0 Å². The summed E-state index contributed by atoms with van der Waals surface area (Å²) in [6.07, 6.45) is 2.44. The van der Waals surface area contributed by atoms with Crippen LogP contribution in [0.15, 0.2) is 36.4 Å². The van der Waals surface area contributed by atoms with E-state index in [0.717, 1.165) is 37.2 Å². The first kappa shape index (κ1) is 26.1. The molecule has 0 aromatic heterocycles. The van der Waals surface area contributed by atoms with Crippen molar-refractivity contribution >= 4 is 5.69 Å². The van der Waals surface area contributed by atoms with Gasteiger partial charge in [0, 0.05) is 0 Å². The van der Waals surface area contributed by atoms with Crippen LogP contribution in [0.25, 0.3) is 0 Å². The van der Waals surface area contributed by atoms with Crippen LogP contribution in [0.3, 0.4) is 0 Å². The van der Waals surface area contributed by atoms with Crippen molar-refractivity contribution in [1.82, 2.24) is 5.32 Å². The lowest BCUT2D eigenvalue weighted by molar-refractivity contribution is 0.307. The van der Waals surface area contributed by atoms with E-state index in [1.54, 1.807) is 21.3 Å². The molecule has 0 saturated carbocycles. The lowest BCUT2D eigenvalue weighted by atomic mass is 9.69. The van der Waals surface area contributed by atoms with Gasteiger partial charge in [-0.2, -0.15) is 5.26 Å². The first-order chi connectivity index (χ1) is 15.9. The minimum atomic E-state index is -0.664. The molecule has 2 rings (SSSR count). The summed E-state index contributed by atoms with van der Waals surface area (Å²) in [6.45, 7) is 6.39. The van der Waals surface area contributed by atoms with E-state index in [9.17, 15) is 5.26 Å². The van der Waals surface area contributed by atoms with Crippen LogP contribution in [0.5, 0.6) is 23.0 Å². The Morgan fingerprint density at radius 2 is 1.61 bits per heavy atom. The second kappa shape index (κ2) is 12.8. The smallest absolute Gasteiger partial charge is 0.203 e. The number of hydrogen-bond donors (Lipinski definition) is 2. The number of rotatable bonds is 14. The van der Waals surface area contributed by atoms with Gasteiger partial charge in [-0.3, -0.25) is 0 Å². The van der Waals surface area contributed by atoms with Crippen molar-refractivity contribution in [1.29, 1.82) is 5.26 Å². The standard InChI is InChI=1S/C26H37N3O4/c1-19(2)26(18-27,20-16-23(30-3)25(32-5)24(17-20)31-4)12-8-13-29-14-9-15-33-22-11-7-6-10-21(22)28/h6-7,10-11,16-17,19,29H,8-9,12-15,28H2,1-5H3. The molecular formula is C26H37N3O4. The van der Waals surface area contributed by atoms with Crippen molar-refractivity contribution < 1.29 is 18.9 Å². The average Bonchev–Trinajstić information content (AvgIpc) is 2.83. The van der Waals surface area contributed by atoms with E-state index in [1.165, 1.54) is 0 Å². The molecule has 0 aliphatic heterocycles. The molecular weight excluding hydrogens is 418 g/mol. The number of hydrogen-bond acceptors (Lipinski definition) is 7. The summed E-state index contributed by atoms with van der Waals surface area (Å²) in [7, 11) is 4.75. The average molecular weight is 456 g/mol. The Hall–Kier alpha value is -3.11. The summed E-state index contributed by atoms with van der Waals surface area (Å²) >= 11 is 0. The molecule has 1 unspecified atom stereocenters. The fraction of sp³-hybridized carbons (Fsp3) is 0.500. The molecule has 0 saturated heterocycles. The van der Waals surface area contributed by atoms with Gasteiger partial charge in [0.1, 0.15) is 5.75 Å². The van der Waals surface area contributed by atoms with Gasteiger partial charge in [0.2, 0.25) is 5.75 Å². The van der Waals surface area contributed by atoms with Gasteiger partial charge in [0.05, 0.1) is 45.1 Å². The Morgan fingerprint density at radius 3 is 2.15 bits per heavy atom. The van der Waals surface area contributed by atoms with Crippen LogP contribution in [-0.2, 0) is 5.41 Å². The summed E-state index contributed by atoms with van der Waals surface area (Å²) in [5.41, 5.74) is 6.76. The van der Waals surface area contributed by atoms with Crippen molar-refractivity contribution in [3.05, 3.63) is 42.0 Å². The molecule has 3 N–H and O–H groups in total. The van der Waals surface area contributed by atoms with Crippen molar-refractivity contribution in [3.8, 4) is 29.1 Å². The fourth-order valence-corrected chi connectivity index (χ4v) is 3.96. The number of ether oxygens (including phenoxy) is 4. The molecule has 0 amide bonds. The van der Waals surface area contributed by atoms with E-state index in [-0.39, 0.29) is 5.92 Å². The monoisotopic (exact) mass is 455 g/mol. The number of nitrogens with zero attached hydrogens (tertiary/aromatic N) is 1. The zero-order chi connectivity index (χ0) is 24.3. The highest BCUT2D eigenvalue weighted by Gasteiger charge is 2.37. The SMILES string of the molecule is COc1cc(C(C#N)(CCCNCCCOc2ccccc2N)C(C)C)cc(OC)c1OC. The molecule has 0 heterocycles. The third-order valence-electron chi connectivity index (χ3n) is 5.96. The first-order valence-corrected chi connectivity index (χ1v) is 11.3. The van der Waals surface area contributed by atoms with Gasteiger partial charge < -0.3 is 30.0 Å². The highest BCUT2D eigenvalue weighted by molar-refractivity contribution is 5.56. The topological polar surface area (TPSA) is 98.8 Å². The van der Waals surface area contributed by atoms with E-state index in [4.69, 9.17) is 24.7 Å². The first-order valence-electron chi connectivity index (χ1n) is 11.3. The molecule has 33 heavy (non-hydrogen) atoms. The van der Waals surface area contributed by atoms with Crippen LogP contribution >= 0.6 is 0 Å². The largest absolute Gasteiger partial charge is 0.493 e. The van der Waals surface area contributed by atoms with E-state index in [0.29, 0.717) is 36.0 Å². The van der Waals surface area contributed by atoms with Crippen LogP contribution in [-0.4, -0.2) is 41.0 Å². The minimum absolute atomic E-state index is 0.107. The molecule has 7 heteroatoms. The minimum Gasteiger partial charge on any atom is -0.493 e. The molecule has 0 fully saturated rings. The van der Waals surface area contributed by atoms with E-state index in [1.807, 2.05) is 36.4 Å². The summed E-state index contributed by atoms with van der Waals surface area (Å²) in [4.78, 5) is 0. The molecule has 1 atom stereocenters. The van der Waals surface area contributed by atoms with Crippen LogP contribution in [0.1, 0.15) is 38.7 Å². The third-order valence-corrected chi connectivity index (χ3v) is 5.96. The number of benzene rings is 2. The summed E-state index contributed by atoms with van der Waals surface area (Å²) < 4.78 is 22.2. The van der Waals surface area contributed by atoms with Crippen molar-refractivity contribution in [2.75, 3.05) is 46.8 Å². The highest BCUT2D eigenvalue weighted by atomic mass is 16.5. The zero-order valence-electron chi connectivity index (χ0n) is 20.4. The zero-order valence-corrected chi connectivity index (χ0v) is 20.4. The summed E-state index contributed by atoms with van der Waals surface area (Å²) in [6, 6.07) is 13.9. The molecule has 0 radical (unpaired) electrons. The Bertz CT molecular complexity index is 901. The van der Waals surface area contributed by atoms with Crippen LogP contribution in [0.4, 0.5) is 5.69 Å². The van der Waals surface area contributed by atoms with Crippen molar-refractivity contribution in [3.63, 3.8) is 0 Å². The van der Waals surface area contributed by atoms with Crippen LogP contribution < -0.4 is 30.0 Å². The Morgan fingerprint density at radius 1 is 0.970 bits per heavy atom. The van der Waals surface area contributed by atoms with Crippen molar-refractivity contribution in [2.24, 2.45) is 5.92 Å². The number of nitrogens with two attached hydrogens (primary N) is 1.